The largest absolute Gasteiger partial charge is 0.378 e. The summed E-state index contributed by atoms with van der Waals surface area (Å²) in [7, 11) is 1.68. The van der Waals surface area contributed by atoms with Crippen LogP contribution in [-0.2, 0) is 4.74 Å². The molecule has 0 unspecified atom stereocenters. The van der Waals surface area contributed by atoms with Crippen LogP contribution < -0.4 is 10.6 Å². The van der Waals surface area contributed by atoms with Crippen molar-refractivity contribution in [3.05, 3.63) is 33.8 Å². The second kappa shape index (κ2) is 8.17. The molecule has 26 heavy (non-hydrogen) atoms. The summed E-state index contributed by atoms with van der Waals surface area (Å²) in [6.07, 6.45) is 1.53. The summed E-state index contributed by atoms with van der Waals surface area (Å²) in [4.78, 5) is 6.27. The molecule has 1 aromatic heterocycles. The van der Waals surface area contributed by atoms with Crippen LogP contribution in [0.2, 0.25) is 10.0 Å². The van der Waals surface area contributed by atoms with E-state index in [0.29, 0.717) is 47.9 Å². The molecule has 0 radical (unpaired) electrons. The van der Waals surface area contributed by atoms with E-state index in [2.05, 4.69) is 15.2 Å². The Morgan fingerprint density at radius 2 is 2.00 bits per heavy atom. The molecule has 1 aliphatic rings. The number of benzene rings is 1. The van der Waals surface area contributed by atoms with Gasteiger partial charge in [0.2, 0.25) is 17.0 Å². The number of halogens is 2. The second-order valence-corrected chi connectivity index (χ2v) is 6.65. The number of nitrogens with two attached hydrogens (primary N) is 1. The molecule has 11 heteroatoms. The van der Waals surface area contributed by atoms with E-state index in [0.717, 1.165) is 0 Å². The highest BCUT2D eigenvalue weighted by molar-refractivity contribution is 7.80. The van der Waals surface area contributed by atoms with Gasteiger partial charge >= 0.3 is 0 Å². The zero-order chi connectivity index (χ0) is 18.7. The third-order valence-electron chi connectivity index (χ3n) is 3.73. The van der Waals surface area contributed by atoms with Crippen LogP contribution in [0.15, 0.2) is 23.3 Å². The van der Waals surface area contributed by atoms with E-state index in [1.807, 2.05) is 4.90 Å². The first-order valence-corrected chi connectivity index (χ1v) is 8.95. The van der Waals surface area contributed by atoms with Gasteiger partial charge in [0.05, 0.1) is 29.5 Å². The number of thiocarbonyl (C=S) groups is 1. The summed E-state index contributed by atoms with van der Waals surface area (Å²) in [5.41, 5.74) is 6.57. The molecular formula is C15H17Cl2N7OS. The van der Waals surface area contributed by atoms with E-state index in [1.165, 1.54) is 15.9 Å². The van der Waals surface area contributed by atoms with Gasteiger partial charge in [-0.05, 0) is 24.4 Å². The Morgan fingerprint density at radius 1 is 1.35 bits per heavy atom. The van der Waals surface area contributed by atoms with E-state index < -0.39 is 0 Å². The third-order valence-corrected chi connectivity index (χ3v) is 4.83. The molecule has 1 fully saturated rings. The lowest BCUT2D eigenvalue weighted by Crippen LogP contribution is -2.37. The summed E-state index contributed by atoms with van der Waals surface area (Å²) < 4.78 is 6.69. The first kappa shape index (κ1) is 18.8. The summed E-state index contributed by atoms with van der Waals surface area (Å²) in [5, 5.41) is 11.4. The minimum absolute atomic E-state index is 0.189. The molecule has 1 aromatic carbocycles. The fraction of sp³-hybridized carbons (Fsp3) is 0.333. The number of aromatic nitrogens is 3. The molecule has 0 amide bonds. The fourth-order valence-corrected chi connectivity index (χ4v) is 2.99. The van der Waals surface area contributed by atoms with E-state index in [-0.39, 0.29) is 11.1 Å². The molecule has 0 bridgehead atoms. The summed E-state index contributed by atoms with van der Waals surface area (Å²) >= 11 is 17.7. The van der Waals surface area contributed by atoms with Crippen LogP contribution in [0.1, 0.15) is 5.56 Å². The zero-order valence-corrected chi connectivity index (χ0v) is 16.3. The Morgan fingerprint density at radius 3 is 2.65 bits per heavy atom. The molecule has 0 spiro atoms. The summed E-state index contributed by atoms with van der Waals surface area (Å²) in [5.74, 6) is 0.703. The van der Waals surface area contributed by atoms with Gasteiger partial charge < -0.3 is 15.4 Å². The number of hydrogen-bond acceptors (Lipinski definition) is 7. The van der Waals surface area contributed by atoms with Crippen molar-refractivity contribution < 1.29 is 4.74 Å². The number of nitrogen functional groups attached to an aromatic ring is 1. The molecule has 138 valence electrons. The molecule has 0 atom stereocenters. The SMILES string of the molecule is CN(/N=C/c1c(Cl)cccc1Cl)C(=S)n1nc(N2CCOCC2)nc1N. The summed E-state index contributed by atoms with van der Waals surface area (Å²) in [6.45, 7) is 2.66. The van der Waals surface area contributed by atoms with Gasteiger partial charge in [-0.25, -0.2) is 5.01 Å². The number of hydrogen-bond donors (Lipinski definition) is 1. The molecule has 8 nitrogen and oxygen atoms in total. The van der Waals surface area contributed by atoms with Crippen LogP contribution >= 0.6 is 35.4 Å². The van der Waals surface area contributed by atoms with Gasteiger partial charge in [-0.3, -0.25) is 0 Å². The van der Waals surface area contributed by atoms with Crippen LogP contribution in [0, 0.1) is 0 Å². The highest BCUT2D eigenvalue weighted by Crippen LogP contribution is 2.22. The minimum Gasteiger partial charge on any atom is -0.378 e. The smallest absolute Gasteiger partial charge is 0.247 e. The predicted octanol–water partition coefficient (Wildman–Crippen LogP) is 2.10. The Bertz CT molecular complexity index is 815. The van der Waals surface area contributed by atoms with Crippen molar-refractivity contribution in [2.24, 2.45) is 5.10 Å². The molecule has 2 heterocycles. The Kier molecular flexibility index (Phi) is 5.92. The number of anilines is 2. The lowest BCUT2D eigenvalue weighted by Gasteiger charge is -2.25. The molecule has 2 N–H and O–H groups in total. The molecule has 1 aliphatic heterocycles. The molecule has 0 saturated carbocycles. The van der Waals surface area contributed by atoms with E-state index in [4.69, 9.17) is 45.9 Å². The zero-order valence-electron chi connectivity index (χ0n) is 14.0. The van der Waals surface area contributed by atoms with Gasteiger partial charge in [0.15, 0.2) is 0 Å². The molecule has 3 rings (SSSR count). The van der Waals surface area contributed by atoms with Crippen molar-refractivity contribution in [1.82, 2.24) is 19.8 Å². The molecule has 1 saturated heterocycles. The lowest BCUT2D eigenvalue weighted by molar-refractivity contribution is 0.122. The number of morpholine rings is 1. The fourth-order valence-electron chi connectivity index (χ4n) is 2.32. The molecular weight excluding hydrogens is 397 g/mol. The first-order valence-electron chi connectivity index (χ1n) is 7.78. The van der Waals surface area contributed by atoms with Crippen molar-refractivity contribution in [2.45, 2.75) is 0 Å². The van der Waals surface area contributed by atoms with Gasteiger partial charge in [-0.1, -0.05) is 29.3 Å². The van der Waals surface area contributed by atoms with E-state index in [1.54, 1.807) is 25.2 Å². The van der Waals surface area contributed by atoms with Gasteiger partial charge in [0.1, 0.15) is 0 Å². The Balaban J connectivity index is 1.76. The molecule has 0 aliphatic carbocycles. The Hall–Kier alpha value is -1.94. The topological polar surface area (TPSA) is 84.8 Å². The maximum absolute atomic E-state index is 6.13. The third kappa shape index (κ3) is 4.07. The highest BCUT2D eigenvalue weighted by atomic mass is 35.5. The van der Waals surface area contributed by atoms with Crippen LogP contribution in [0.3, 0.4) is 0 Å². The van der Waals surface area contributed by atoms with Gasteiger partial charge in [0, 0.05) is 25.7 Å². The molecule has 2 aromatic rings. The summed E-state index contributed by atoms with van der Waals surface area (Å²) in [6, 6.07) is 5.23. The number of hydrazone groups is 1. The van der Waals surface area contributed by atoms with Crippen molar-refractivity contribution in [1.29, 1.82) is 0 Å². The van der Waals surface area contributed by atoms with Crippen LogP contribution in [0.4, 0.5) is 11.9 Å². The van der Waals surface area contributed by atoms with Crippen LogP contribution in [0.25, 0.3) is 0 Å². The Labute approximate surface area is 166 Å². The van der Waals surface area contributed by atoms with Crippen LogP contribution in [-0.4, -0.2) is 64.5 Å². The quantitative estimate of drug-likeness (QED) is 0.468. The predicted molar refractivity (Wildman–Crippen MR) is 107 cm³/mol. The first-order chi connectivity index (χ1) is 12.5. The second-order valence-electron chi connectivity index (χ2n) is 5.47. The van der Waals surface area contributed by atoms with Crippen molar-refractivity contribution in [2.75, 3.05) is 44.0 Å². The normalized spacial score (nSPS) is 14.8. The van der Waals surface area contributed by atoms with Crippen molar-refractivity contribution in [3.8, 4) is 0 Å². The number of nitrogens with zero attached hydrogens (tertiary/aromatic N) is 6. The van der Waals surface area contributed by atoms with Gasteiger partial charge in [-0.15, -0.1) is 5.10 Å². The van der Waals surface area contributed by atoms with E-state index >= 15 is 0 Å². The maximum Gasteiger partial charge on any atom is 0.247 e. The van der Waals surface area contributed by atoms with Gasteiger partial charge in [0.25, 0.3) is 0 Å². The average Bonchev–Trinajstić information content (AvgIpc) is 3.03. The monoisotopic (exact) mass is 413 g/mol. The number of ether oxygens (including phenoxy) is 1. The standard InChI is InChI=1S/C15H17Cl2N7OS/c1-22(19-9-10-11(16)3-2-4-12(10)17)15(26)24-13(18)20-14(21-24)23-5-7-25-8-6-23/h2-4,9H,5-8H2,1H3,(H2,18,20,21)/b19-9+. The highest BCUT2D eigenvalue weighted by Gasteiger charge is 2.20. The lowest BCUT2D eigenvalue weighted by atomic mass is 10.2. The van der Waals surface area contributed by atoms with Gasteiger partial charge in [-0.2, -0.15) is 14.8 Å². The maximum atomic E-state index is 6.13. The van der Waals surface area contributed by atoms with E-state index in [9.17, 15) is 0 Å². The van der Waals surface area contributed by atoms with Crippen molar-refractivity contribution >= 4 is 58.6 Å². The van der Waals surface area contributed by atoms with Crippen molar-refractivity contribution in [3.63, 3.8) is 0 Å². The van der Waals surface area contributed by atoms with Crippen LogP contribution in [0.5, 0.6) is 0 Å². The minimum atomic E-state index is 0.189. The number of rotatable bonds is 3. The average molecular weight is 414 g/mol.